The number of amides is 1. The van der Waals surface area contributed by atoms with E-state index in [4.69, 9.17) is 21.1 Å². The molecule has 2 bridgehead atoms. The number of sulfonamides is 2. The van der Waals surface area contributed by atoms with Crippen LogP contribution in [0.2, 0.25) is 5.02 Å². The molecule has 15 heteroatoms. The van der Waals surface area contributed by atoms with Crippen LogP contribution in [0.5, 0.6) is 5.75 Å². The van der Waals surface area contributed by atoms with Crippen molar-refractivity contribution in [2.24, 2.45) is 17.8 Å². The van der Waals surface area contributed by atoms with Crippen molar-refractivity contribution in [1.82, 2.24) is 18.8 Å². The van der Waals surface area contributed by atoms with Crippen LogP contribution in [-0.2, 0) is 36.6 Å². The number of carbonyl (C=O) groups excluding carboxylic acids is 1. The third-order valence-corrected chi connectivity index (χ3v) is 17.7. The standard InChI is InChI=1S/C42H58ClN5O7S2/c1-29-7-5-16-42(54-3,27-45-17-18-46-19-20-48(56(4,50)51)25-35(46)24-45)37-12-9-33(37)23-47-26-41(15-6-8-31-21-34(43)11-13-36(31)41)28-55-39-14-10-32(22-38(39)47)40(49)44-57(52,53)30(29)2/h5,10-11,13-14,16,21-22,29-30,33,35,37H,6-9,12,15,17-20,23-28H2,1-4H3,(H,44,49)/t29-,30+,33-,35-,37+,41-,42+/m0/s1. The molecular formula is C42H58ClN5O7S2. The van der Waals surface area contributed by atoms with Gasteiger partial charge in [0, 0.05) is 88.1 Å². The smallest absolute Gasteiger partial charge is 0.264 e. The van der Waals surface area contributed by atoms with Crippen LogP contribution in [0.1, 0.15) is 67.4 Å². The van der Waals surface area contributed by atoms with E-state index in [0.717, 1.165) is 69.0 Å². The van der Waals surface area contributed by atoms with Crippen LogP contribution in [0, 0.1) is 17.8 Å². The zero-order valence-electron chi connectivity index (χ0n) is 33.7. The number of aryl methyl sites for hydroxylation is 1. The Balaban J connectivity index is 1.17. The summed E-state index contributed by atoms with van der Waals surface area (Å²) in [4.78, 5) is 21.0. The molecule has 12 nitrogen and oxygen atoms in total. The second kappa shape index (κ2) is 15.7. The molecule has 6 aliphatic rings. The molecule has 0 radical (unpaired) electrons. The molecule has 1 saturated carbocycles. The number of halogens is 1. The summed E-state index contributed by atoms with van der Waals surface area (Å²) >= 11 is 6.51. The zero-order valence-corrected chi connectivity index (χ0v) is 36.0. The van der Waals surface area contributed by atoms with E-state index in [9.17, 15) is 21.6 Å². The van der Waals surface area contributed by atoms with Crippen LogP contribution in [0.15, 0.2) is 48.6 Å². The van der Waals surface area contributed by atoms with Crippen molar-refractivity contribution in [3.8, 4) is 5.75 Å². The van der Waals surface area contributed by atoms with E-state index in [1.807, 2.05) is 25.1 Å². The van der Waals surface area contributed by atoms with Gasteiger partial charge < -0.3 is 14.4 Å². The number of fused-ring (bicyclic) bond motifs is 5. The zero-order chi connectivity index (χ0) is 40.3. The Morgan fingerprint density at radius 2 is 1.84 bits per heavy atom. The van der Waals surface area contributed by atoms with Crippen molar-refractivity contribution >= 4 is 43.2 Å². The van der Waals surface area contributed by atoms with Crippen molar-refractivity contribution in [2.75, 3.05) is 83.8 Å². The second-order valence-corrected chi connectivity index (χ2v) is 22.2. The Morgan fingerprint density at radius 3 is 2.60 bits per heavy atom. The minimum Gasteiger partial charge on any atom is -0.490 e. The summed E-state index contributed by atoms with van der Waals surface area (Å²) in [5, 5.41) is -0.105. The number of nitrogens with zero attached hydrogens (tertiary/aromatic N) is 4. The average Bonchev–Trinajstić information content (AvgIpc) is 3.31. The van der Waals surface area contributed by atoms with E-state index in [0.29, 0.717) is 51.5 Å². The van der Waals surface area contributed by atoms with Gasteiger partial charge in [0.2, 0.25) is 20.0 Å². The highest BCUT2D eigenvalue weighted by Crippen LogP contribution is 2.49. The number of hydrogen-bond donors (Lipinski definition) is 1. The fourth-order valence-corrected chi connectivity index (χ4v) is 12.9. The first-order valence-corrected chi connectivity index (χ1v) is 24.4. The summed E-state index contributed by atoms with van der Waals surface area (Å²) in [7, 11) is -5.50. The van der Waals surface area contributed by atoms with Crippen LogP contribution < -0.4 is 14.4 Å². The third kappa shape index (κ3) is 8.01. The number of nitrogens with one attached hydrogen (secondary N) is 1. The Labute approximate surface area is 344 Å². The highest BCUT2D eigenvalue weighted by Gasteiger charge is 2.50. The molecule has 1 spiro atoms. The van der Waals surface area contributed by atoms with Gasteiger partial charge in [-0.3, -0.25) is 14.6 Å². The van der Waals surface area contributed by atoms with E-state index in [-0.39, 0.29) is 34.8 Å². The number of methoxy groups -OCH3 is 1. The SMILES string of the molecule is CO[C@@]1(CN2CCN3CCN(S(C)(=O)=O)C[C@@H]3C2)C=CC[C@H](C)[C@@H](C)S(=O)(=O)NC(=O)c2ccc3c(c2)N(C[C@@H]2CC[C@H]21)C[C@@]1(CCCc2cc(Cl)ccc21)CO3. The summed E-state index contributed by atoms with van der Waals surface area (Å²) < 4.78 is 69.8. The monoisotopic (exact) mass is 843 g/mol. The summed E-state index contributed by atoms with van der Waals surface area (Å²) in [6, 6.07) is 11.6. The van der Waals surface area contributed by atoms with Crippen LogP contribution in [-0.4, -0.2) is 133 Å². The van der Waals surface area contributed by atoms with Crippen molar-refractivity contribution in [3.05, 3.63) is 70.3 Å². The highest BCUT2D eigenvalue weighted by atomic mass is 35.5. The first kappa shape index (κ1) is 41.0. The van der Waals surface area contributed by atoms with Gasteiger partial charge in [-0.1, -0.05) is 36.7 Å². The number of piperazine rings is 2. The third-order valence-electron chi connectivity index (χ3n) is 14.3. The molecule has 1 N–H and O–H groups in total. The molecule has 0 aromatic heterocycles. The first-order valence-electron chi connectivity index (χ1n) is 20.6. The molecule has 2 aliphatic carbocycles. The molecule has 4 heterocycles. The van der Waals surface area contributed by atoms with Gasteiger partial charge >= 0.3 is 0 Å². The van der Waals surface area contributed by atoms with Gasteiger partial charge in [0.15, 0.2) is 0 Å². The Bertz CT molecular complexity index is 2120. The predicted molar refractivity (Wildman–Crippen MR) is 223 cm³/mol. The minimum atomic E-state index is -4.01. The molecule has 57 heavy (non-hydrogen) atoms. The van der Waals surface area contributed by atoms with Gasteiger partial charge in [-0.2, -0.15) is 4.31 Å². The van der Waals surface area contributed by atoms with Crippen LogP contribution in [0.4, 0.5) is 5.69 Å². The van der Waals surface area contributed by atoms with E-state index in [1.165, 1.54) is 17.4 Å². The van der Waals surface area contributed by atoms with E-state index >= 15 is 0 Å². The minimum absolute atomic E-state index is 0.0945. The maximum Gasteiger partial charge on any atom is 0.264 e. The second-order valence-electron chi connectivity index (χ2n) is 17.7. The molecule has 0 unspecified atom stereocenters. The Hall–Kier alpha value is -2.72. The van der Waals surface area contributed by atoms with Crippen LogP contribution in [0.25, 0.3) is 0 Å². The number of rotatable bonds is 4. The molecule has 4 aliphatic heterocycles. The van der Waals surface area contributed by atoms with Crippen molar-refractivity contribution < 1.29 is 31.1 Å². The molecule has 312 valence electrons. The number of anilines is 1. The van der Waals surface area contributed by atoms with Gasteiger partial charge in [-0.15, -0.1) is 0 Å². The summed E-state index contributed by atoms with van der Waals surface area (Å²) in [6.45, 7) is 10.2. The molecule has 1 amide bonds. The van der Waals surface area contributed by atoms with Crippen molar-refractivity contribution in [3.63, 3.8) is 0 Å². The fraction of sp³-hybridized carbons (Fsp3) is 0.643. The number of ether oxygens (including phenoxy) is 2. The van der Waals surface area contributed by atoms with Gasteiger partial charge in [0.25, 0.3) is 5.91 Å². The molecule has 2 aromatic rings. The summed E-state index contributed by atoms with van der Waals surface area (Å²) in [5.41, 5.74) is 2.58. The maximum absolute atomic E-state index is 13.7. The van der Waals surface area contributed by atoms with Gasteiger partial charge in [-0.05, 0) is 105 Å². The van der Waals surface area contributed by atoms with Crippen LogP contribution >= 0.6 is 11.6 Å². The number of hydrogen-bond acceptors (Lipinski definition) is 10. The summed E-state index contributed by atoms with van der Waals surface area (Å²) in [5.74, 6) is 0.169. The van der Waals surface area contributed by atoms with Crippen molar-refractivity contribution in [1.29, 1.82) is 0 Å². The van der Waals surface area contributed by atoms with Gasteiger partial charge in [0.1, 0.15) is 11.4 Å². The number of carbonyl (C=O) groups is 1. The maximum atomic E-state index is 13.7. The Kier molecular flexibility index (Phi) is 11.3. The Morgan fingerprint density at radius 1 is 1.04 bits per heavy atom. The fourth-order valence-electron chi connectivity index (χ4n) is 10.6. The quantitative estimate of drug-likeness (QED) is 0.439. The predicted octanol–water partition coefficient (Wildman–Crippen LogP) is 4.53. The van der Waals surface area contributed by atoms with Crippen LogP contribution in [0.3, 0.4) is 0 Å². The first-order chi connectivity index (χ1) is 27.1. The normalized spacial score (nSPS) is 33.9. The van der Waals surface area contributed by atoms with E-state index < -0.39 is 36.8 Å². The summed E-state index contributed by atoms with van der Waals surface area (Å²) in [6.07, 6.45) is 11.0. The van der Waals surface area contributed by atoms with E-state index in [2.05, 4.69) is 43.7 Å². The molecule has 8 rings (SSSR count). The van der Waals surface area contributed by atoms with Crippen molar-refractivity contribution in [2.45, 2.75) is 74.7 Å². The lowest BCUT2D eigenvalue weighted by atomic mass is 9.63. The topological polar surface area (TPSA) is 129 Å². The molecule has 7 atom stereocenters. The van der Waals surface area contributed by atoms with Gasteiger partial charge in [-0.25, -0.2) is 21.6 Å². The number of benzene rings is 2. The largest absolute Gasteiger partial charge is 0.490 e. The number of allylic oxidation sites excluding steroid dienone is 1. The van der Waals surface area contributed by atoms with E-state index in [1.54, 1.807) is 24.4 Å². The average molecular weight is 845 g/mol. The highest BCUT2D eigenvalue weighted by molar-refractivity contribution is 7.90. The lowest BCUT2D eigenvalue weighted by molar-refractivity contribution is -0.101. The lowest BCUT2D eigenvalue weighted by Gasteiger charge is -2.53. The lowest BCUT2D eigenvalue weighted by Crippen LogP contribution is -2.65. The molecule has 3 fully saturated rings. The molecular weight excluding hydrogens is 786 g/mol. The molecule has 2 saturated heterocycles. The molecule has 2 aromatic carbocycles. The van der Waals surface area contributed by atoms with Gasteiger partial charge in [0.05, 0.1) is 23.8 Å².